The molecule has 3 atom stereocenters. The number of aromatic nitrogens is 4. The molecule has 0 radical (unpaired) electrons. The second-order valence-electron chi connectivity index (χ2n) is 9.08. The van der Waals surface area contributed by atoms with Crippen LogP contribution in [0, 0.1) is 5.92 Å². The zero-order valence-corrected chi connectivity index (χ0v) is 18.4. The molecular weight excluding hydrogens is 480 g/mol. The van der Waals surface area contributed by atoms with Gasteiger partial charge in [-0.3, -0.25) is 14.6 Å². The number of carbonyl (C=O) groups excluding carboxylic acids is 2. The van der Waals surface area contributed by atoms with Crippen molar-refractivity contribution in [2.45, 2.75) is 49.4 Å². The number of halogens is 4. The number of anilines is 1. The summed E-state index contributed by atoms with van der Waals surface area (Å²) in [4.78, 5) is 24.6. The molecule has 35 heavy (non-hydrogen) atoms. The quantitative estimate of drug-likeness (QED) is 0.496. The fourth-order valence-corrected chi connectivity index (χ4v) is 4.56. The van der Waals surface area contributed by atoms with E-state index in [1.165, 1.54) is 13.1 Å². The zero-order valence-electron chi connectivity index (χ0n) is 18.4. The number of ether oxygens (including phenoxy) is 3. The fraction of sp³-hybridized carbons (Fsp3) is 0.600. The smallest absolute Gasteiger partial charge is 0.422 e. The first kappa shape index (κ1) is 23.4. The first-order valence-corrected chi connectivity index (χ1v) is 10.8. The highest BCUT2D eigenvalue weighted by Gasteiger charge is 2.58. The molecule has 15 heteroatoms. The summed E-state index contributed by atoms with van der Waals surface area (Å²) in [5, 5.41) is 15.4. The van der Waals surface area contributed by atoms with Crippen molar-refractivity contribution in [2.75, 3.05) is 18.5 Å². The number of nitrogens with one attached hydrogen (secondary N) is 3. The normalized spacial score (nSPS) is 29.2. The van der Waals surface area contributed by atoms with Crippen molar-refractivity contribution in [2.24, 2.45) is 13.0 Å². The molecular formula is C20H22F4N6O5. The lowest BCUT2D eigenvalue weighted by Crippen LogP contribution is -2.68. The van der Waals surface area contributed by atoms with Crippen LogP contribution in [-0.2, 0) is 16.5 Å². The molecule has 4 aliphatic rings. The van der Waals surface area contributed by atoms with Gasteiger partial charge < -0.3 is 24.8 Å². The molecule has 0 unspecified atom stereocenters. The molecule has 6 rings (SSSR count). The van der Waals surface area contributed by atoms with Gasteiger partial charge in [0.1, 0.15) is 11.8 Å². The Morgan fingerprint density at radius 1 is 1.31 bits per heavy atom. The standard InChI is InChI=1S/C20H22F4N6O5/c1-30-11(3-14(29-30)34-8-20(22,23)24)17(31)25-13-2-10(27-28-13)16-15(21)12(7-33-16)35-18(32)26-19-4-9(5-19)6-19/h2-3,9,12,15-16H,4-8H2,1H3,(H,26,32)(H2,25,27,28,31)/t9?,12-,15+,16+,19?/m1/s1. The van der Waals surface area contributed by atoms with E-state index in [1.807, 2.05) is 0 Å². The molecule has 190 valence electrons. The summed E-state index contributed by atoms with van der Waals surface area (Å²) in [7, 11) is 1.36. The predicted octanol–water partition coefficient (Wildman–Crippen LogP) is 2.39. The lowest BCUT2D eigenvalue weighted by molar-refractivity contribution is -0.154. The van der Waals surface area contributed by atoms with Gasteiger partial charge in [-0.15, -0.1) is 5.10 Å². The highest BCUT2D eigenvalue weighted by Crippen LogP contribution is 2.57. The lowest BCUT2D eigenvalue weighted by Gasteiger charge is -2.61. The van der Waals surface area contributed by atoms with Gasteiger partial charge in [0, 0.05) is 24.7 Å². The first-order valence-electron chi connectivity index (χ1n) is 10.8. The minimum absolute atomic E-state index is 0.0190. The Morgan fingerprint density at radius 3 is 2.71 bits per heavy atom. The molecule has 2 aromatic heterocycles. The lowest BCUT2D eigenvalue weighted by atomic mass is 9.50. The third-order valence-electron chi connectivity index (χ3n) is 6.37. The number of rotatable bonds is 7. The van der Waals surface area contributed by atoms with E-state index < -0.39 is 43.2 Å². The van der Waals surface area contributed by atoms with Gasteiger partial charge in [0.15, 0.2) is 24.7 Å². The van der Waals surface area contributed by atoms with E-state index in [0.717, 1.165) is 30.0 Å². The summed E-state index contributed by atoms with van der Waals surface area (Å²) < 4.78 is 68.1. The van der Waals surface area contributed by atoms with Gasteiger partial charge in [-0.25, -0.2) is 9.18 Å². The predicted molar refractivity (Wildman–Crippen MR) is 108 cm³/mol. The van der Waals surface area contributed by atoms with Crippen LogP contribution in [0.25, 0.3) is 0 Å². The third kappa shape index (κ3) is 4.76. The molecule has 3 heterocycles. The molecule has 0 aromatic carbocycles. The van der Waals surface area contributed by atoms with Gasteiger partial charge in [0.25, 0.3) is 5.91 Å². The van der Waals surface area contributed by atoms with Crippen molar-refractivity contribution in [1.29, 1.82) is 0 Å². The maximum Gasteiger partial charge on any atom is 0.422 e. The van der Waals surface area contributed by atoms with Crippen LogP contribution in [0.1, 0.15) is 41.5 Å². The maximum absolute atomic E-state index is 14.9. The SMILES string of the molecule is Cn1nc(OCC(F)(F)F)cc1C(=O)Nc1cc([C@@H]2OC[C@@H](OC(=O)NC34CC(C3)C4)[C@@H]2F)[nH]n1. The Morgan fingerprint density at radius 2 is 2.06 bits per heavy atom. The number of amides is 2. The second-order valence-corrected chi connectivity index (χ2v) is 9.08. The highest BCUT2D eigenvalue weighted by atomic mass is 19.4. The Hall–Kier alpha value is -3.36. The summed E-state index contributed by atoms with van der Waals surface area (Å²) >= 11 is 0. The Bertz CT molecular complexity index is 1120. The van der Waals surface area contributed by atoms with Crippen LogP contribution in [-0.4, -0.2) is 69.2 Å². The summed E-state index contributed by atoms with van der Waals surface area (Å²) in [6.07, 6.45) is -6.31. The number of carbonyl (C=O) groups is 2. The highest BCUT2D eigenvalue weighted by molar-refractivity contribution is 6.02. The molecule has 2 aromatic rings. The number of alkyl carbamates (subject to hydrolysis) is 1. The Balaban J connectivity index is 1.15. The van der Waals surface area contributed by atoms with E-state index in [0.29, 0.717) is 5.92 Å². The summed E-state index contributed by atoms with van der Waals surface area (Å²) in [6.45, 7) is -1.70. The van der Waals surface area contributed by atoms with E-state index >= 15 is 0 Å². The van der Waals surface area contributed by atoms with E-state index in [4.69, 9.17) is 9.47 Å². The molecule has 3 aliphatic carbocycles. The van der Waals surface area contributed by atoms with Crippen molar-refractivity contribution >= 4 is 17.8 Å². The van der Waals surface area contributed by atoms with Gasteiger partial charge >= 0.3 is 12.3 Å². The second kappa shape index (κ2) is 8.39. The van der Waals surface area contributed by atoms with Gasteiger partial charge in [-0.1, -0.05) is 0 Å². The molecule has 3 saturated carbocycles. The third-order valence-corrected chi connectivity index (χ3v) is 6.37. The van der Waals surface area contributed by atoms with Crippen LogP contribution in [0.2, 0.25) is 0 Å². The van der Waals surface area contributed by atoms with E-state index in [2.05, 4.69) is 30.7 Å². The number of hydrogen-bond acceptors (Lipinski definition) is 7. The largest absolute Gasteiger partial charge is 0.467 e. The van der Waals surface area contributed by atoms with E-state index in [-0.39, 0.29) is 35.2 Å². The monoisotopic (exact) mass is 502 g/mol. The molecule has 2 amide bonds. The average molecular weight is 502 g/mol. The van der Waals surface area contributed by atoms with Gasteiger partial charge in [-0.2, -0.15) is 18.3 Å². The van der Waals surface area contributed by atoms with Crippen molar-refractivity contribution in [1.82, 2.24) is 25.3 Å². The Labute approximate surface area is 195 Å². The number of aromatic amines is 1. The molecule has 1 saturated heterocycles. The fourth-order valence-electron chi connectivity index (χ4n) is 4.56. The van der Waals surface area contributed by atoms with E-state index in [1.54, 1.807) is 0 Å². The summed E-state index contributed by atoms with van der Waals surface area (Å²) in [6, 6.07) is 2.39. The molecule has 1 aliphatic heterocycles. The Kier molecular flexibility index (Phi) is 5.61. The number of H-pyrrole nitrogens is 1. The van der Waals surface area contributed by atoms with Crippen molar-refractivity contribution in [3.63, 3.8) is 0 Å². The maximum atomic E-state index is 14.9. The molecule has 0 spiro atoms. The van der Waals surface area contributed by atoms with Gasteiger partial charge in [0.05, 0.1) is 12.3 Å². The summed E-state index contributed by atoms with van der Waals surface area (Å²) in [5.74, 6) is -0.413. The minimum Gasteiger partial charge on any atom is -0.467 e. The topological polar surface area (TPSA) is 132 Å². The zero-order chi connectivity index (χ0) is 25.0. The van der Waals surface area contributed by atoms with E-state index in [9.17, 15) is 27.2 Å². The van der Waals surface area contributed by atoms with Crippen molar-refractivity contribution < 1.29 is 41.4 Å². The molecule has 11 nitrogen and oxygen atoms in total. The first-order chi connectivity index (χ1) is 16.5. The van der Waals surface area contributed by atoms with Crippen LogP contribution in [0.15, 0.2) is 12.1 Å². The number of aryl methyl sites for hydroxylation is 1. The molecule has 3 N–H and O–H groups in total. The average Bonchev–Trinajstić information content (AvgIpc) is 3.41. The summed E-state index contributed by atoms with van der Waals surface area (Å²) in [5.41, 5.74) is -0.0736. The van der Waals surface area contributed by atoms with Crippen LogP contribution < -0.4 is 15.4 Å². The number of hydrogen-bond donors (Lipinski definition) is 3. The number of nitrogens with zero attached hydrogens (tertiary/aromatic N) is 3. The van der Waals surface area contributed by atoms with Crippen molar-refractivity contribution in [3.8, 4) is 5.88 Å². The molecule has 4 fully saturated rings. The van der Waals surface area contributed by atoms with Crippen LogP contribution in [0.5, 0.6) is 5.88 Å². The van der Waals surface area contributed by atoms with Gasteiger partial charge in [0.2, 0.25) is 5.88 Å². The molecule has 2 bridgehead atoms. The van der Waals surface area contributed by atoms with Gasteiger partial charge in [-0.05, 0) is 25.2 Å². The van der Waals surface area contributed by atoms with Crippen LogP contribution >= 0.6 is 0 Å². The van der Waals surface area contributed by atoms with Crippen LogP contribution in [0.3, 0.4) is 0 Å². The van der Waals surface area contributed by atoms with Crippen LogP contribution in [0.4, 0.5) is 28.2 Å². The van der Waals surface area contributed by atoms with Crippen molar-refractivity contribution in [3.05, 3.63) is 23.5 Å². The minimum atomic E-state index is -4.55. The number of alkyl halides is 4.